The van der Waals surface area contributed by atoms with Crippen molar-refractivity contribution in [3.05, 3.63) is 0 Å². The Balaban J connectivity index is 2.19. The van der Waals surface area contributed by atoms with Crippen molar-refractivity contribution >= 4 is 16.9 Å². The summed E-state index contributed by atoms with van der Waals surface area (Å²) in [5.74, 6) is 0. The van der Waals surface area contributed by atoms with Gasteiger partial charge in [-0.15, -0.1) is 0 Å². The molecule has 58 valence electrons. The first-order valence-electron chi connectivity index (χ1n) is 3.79. The van der Waals surface area contributed by atoms with Gasteiger partial charge in [0, 0.05) is 5.25 Å². The fourth-order valence-corrected chi connectivity index (χ4v) is 2.29. The van der Waals surface area contributed by atoms with Gasteiger partial charge in [0.05, 0.1) is 0 Å². The van der Waals surface area contributed by atoms with E-state index in [9.17, 15) is 0 Å². The quantitative estimate of drug-likeness (QED) is 0.452. The summed E-state index contributed by atoms with van der Waals surface area (Å²) in [7, 11) is 0. The van der Waals surface area contributed by atoms with Crippen LogP contribution in [-0.2, 0) is 0 Å². The third kappa shape index (κ3) is 2.60. The van der Waals surface area contributed by atoms with Gasteiger partial charge in [0.15, 0.2) is 5.17 Å². The van der Waals surface area contributed by atoms with Crippen molar-refractivity contribution in [2.45, 2.75) is 37.4 Å². The summed E-state index contributed by atoms with van der Waals surface area (Å²) >= 11 is 1.54. The smallest absolute Gasteiger partial charge is 0.151 e. The van der Waals surface area contributed by atoms with Gasteiger partial charge in [-0.3, -0.25) is 5.41 Å². The maximum absolute atomic E-state index is 7.07. The van der Waals surface area contributed by atoms with Crippen molar-refractivity contribution in [1.29, 1.82) is 5.41 Å². The molecule has 0 bridgehead atoms. The fourth-order valence-electron chi connectivity index (χ4n) is 1.36. The third-order valence-electron chi connectivity index (χ3n) is 1.85. The van der Waals surface area contributed by atoms with E-state index in [0.717, 1.165) is 0 Å². The maximum Gasteiger partial charge on any atom is 0.151 e. The highest BCUT2D eigenvalue weighted by Crippen LogP contribution is 2.27. The molecule has 1 rings (SSSR count). The molecule has 2 nitrogen and oxygen atoms in total. The number of hydrogen-bond donors (Lipinski definition) is 2. The minimum atomic E-state index is 0.284. The highest BCUT2D eigenvalue weighted by atomic mass is 32.2. The molecular weight excluding hydrogens is 144 g/mol. The first kappa shape index (κ1) is 7.92. The number of thioether (sulfide) groups is 1. The van der Waals surface area contributed by atoms with Crippen LogP contribution in [0.15, 0.2) is 0 Å². The van der Waals surface area contributed by atoms with Crippen LogP contribution in [0, 0.1) is 5.41 Å². The van der Waals surface area contributed by atoms with Crippen molar-refractivity contribution in [2.24, 2.45) is 5.73 Å². The molecule has 0 atom stereocenters. The highest BCUT2D eigenvalue weighted by Gasteiger charge is 2.14. The average Bonchev–Trinajstić information content (AvgIpc) is 1.88. The number of hydrogen-bond acceptors (Lipinski definition) is 2. The standard InChI is InChI=1S/C7H14N2S/c8-7(9)10-6-4-2-1-3-5-6/h6H,1-5H2,(H3,8,9). The van der Waals surface area contributed by atoms with E-state index in [4.69, 9.17) is 11.1 Å². The Morgan fingerprint density at radius 2 is 1.90 bits per heavy atom. The zero-order chi connectivity index (χ0) is 7.40. The Morgan fingerprint density at radius 1 is 1.30 bits per heavy atom. The summed E-state index contributed by atoms with van der Waals surface area (Å²) in [6.45, 7) is 0. The predicted octanol–water partition coefficient (Wildman–Crippen LogP) is 1.95. The topological polar surface area (TPSA) is 49.9 Å². The molecule has 0 saturated heterocycles. The van der Waals surface area contributed by atoms with E-state index in [2.05, 4.69) is 0 Å². The van der Waals surface area contributed by atoms with Crippen molar-refractivity contribution in [3.8, 4) is 0 Å². The molecule has 3 N–H and O–H groups in total. The zero-order valence-corrected chi connectivity index (χ0v) is 6.91. The third-order valence-corrected chi connectivity index (χ3v) is 2.90. The minimum Gasteiger partial charge on any atom is -0.379 e. The number of nitrogens with one attached hydrogen (secondary N) is 1. The second kappa shape index (κ2) is 3.86. The summed E-state index contributed by atoms with van der Waals surface area (Å²) in [6, 6.07) is 0. The van der Waals surface area contributed by atoms with E-state index in [1.54, 1.807) is 0 Å². The molecule has 1 saturated carbocycles. The Bertz CT molecular complexity index is 119. The van der Waals surface area contributed by atoms with Crippen LogP contribution in [0.3, 0.4) is 0 Å². The van der Waals surface area contributed by atoms with Gasteiger partial charge in [0.2, 0.25) is 0 Å². The van der Waals surface area contributed by atoms with Crippen LogP contribution in [0.2, 0.25) is 0 Å². The monoisotopic (exact) mass is 158 g/mol. The molecule has 0 unspecified atom stereocenters. The fraction of sp³-hybridized carbons (Fsp3) is 0.857. The van der Waals surface area contributed by atoms with Gasteiger partial charge >= 0.3 is 0 Å². The van der Waals surface area contributed by atoms with Gasteiger partial charge in [-0.2, -0.15) is 0 Å². The molecule has 0 aromatic rings. The molecule has 0 aliphatic heterocycles. The number of amidine groups is 1. The van der Waals surface area contributed by atoms with Crippen LogP contribution in [0.4, 0.5) is 0 Å². The summed E-state index contributed by atoms with van der Waals surface area (Å²) in [5.41, 5.74) is 5.27. The lowest BCUT2D eigenvalue weighted by Gasteiger charge is -2.19. The molecule has 1 aliphatic rings. The molecule has 3 heteroatoms. The first-order chi connectivity index (χ1) is 4.79. The molecule has 0 radical (unpaired) electrons. The Kier molecular flexibility index (Phi) is 3.06. The Morgan fingerprint density at radius 3 is 2.40 bits per heavy atom. The highest BCUT2D eigenvalue weighted by molar-refractivity contribution is 8.14. The number of rotatable bonds is 1. The lowest BCUT2D eigenvalue weighted by atomic mass is 10.0. The van der Waals surface area contributed by atoms with Crippen molar-refractivity contribution in [3.63, 3.8) is 0 Å². The van der Waals surface area contributed by atoms with Crippen LogP contribution >= 0.6 is 11.8 Å². The van der Waals surface area contributed by atoms with E-state index in [1.807, 2.05) is 0 Å². The lowest BCUT2D eigenvalue weighted by molar-refractivity contribution is 0.517. The number of nitrogens with two attached hydrogens (primary N) is 1. The van der Waals surface area contributed by atoms with Crippen LogP contribution in [0.25, 0.3) is 0 Å². The normalized spacial score (nSPS) is 20.8. The van der Waals surface area contributed by atoms with E-state index < -0.39 is 0 Å². The van der Waals surface area contributed by atoms with Gasteiger partial charge < -0.3 is 5.73 Å². The van der Waals surface area contributed by atoms with Crippen molar-refractivity contribution < 1.29 is 0 Å². The molecule has 0 aromatic carbocycles. The second-order valence-corrected chi connectivity index (χ2v) is 4.08. The Hall–Kier alpha value is -0.180. The van der Waals surface area contributed by atoms with Crippen molar-refractivity contribution in [2.75, 3.05) is 0 Å². The van der Waals surface area contributed by atoms with E-state index in [0.29, 0.717) is 5.25 Å². The predicted molar refractivity (Wildman–Crippen MR) is 46.4 cm³/mol. The van der Waals surface area contributed by atoms with Gasteiger partial charge in [-0.1, -0.05) is 31.0 Å². The van der Waals surface area contributed by atoms with Gasteiger partial charge in [0.25, 0.3) is 0 Å². The van der Waals surface area contributed by atoms with Crippen LogP contribution in [-0.4, -0.2) is 10.4 Å². The zero-order valence-electron chi connectivity index (χ0n) is 6.10. The van der Waals surface area contributed by atoms with Gasteiger partial charge in [-0.25, -0.2) is 0 Å². The average molecular weight is 158 g/mol. The second-order valence-electron chi connectivity index (χ2n) is 2.74. The van der Waals surface area contributed by atoms with Crippen LogP contribution < -0.4 is 5.73 Å². The summed E-state index contributed by atoms with van der Waals surface area (Å²) < 4.78 is 0. The molecule has 0 heterocycles. The first-order valence-corrected chi connectivity index (χ1v) is 4.67. The summed E-state index contributed by atoms with van der Waals surface area (Å²) in [6.07, 6.45) is 6.53. The molecule has 0 spiro atoms. The molecule has 0 aromatic heterocycles. The van der Waals surface area contributed by atoms with E-state index in [1.165, 1.54) is 43.9 Å². The van der Waals surface area contributed by atoms with Crippen LogP contribution in [0.5, 0.6) is 0 Å². The van der Waals surface area contributed by atoms with Crippen molar-refractivity contribution in [1.82, 2.24) is 0 Å². The van der Waals surface area contributed by atoms with Crippen LogP contribution in [0.1, 0.15) is 32.1 Å². The van der Waals surface area contributed by atoms with Gasteiger partial charge in [-0.05, 0) is 12.8 Å². The maximum atomic E-state index is 7.07. The molecule has 1 aliphatic carbocycles. The summed E-state index contributed by atoms with van der Waals surface area (Å²) in [5, 5.41) is 8.00. The lowest BCUT2D eigenvalue weighted by Crippen LogP contribution is -2.15. The Labute approximate surface area is 66.1 Å². The molecule has 10 heavy (non-hydrogen) atoms. The molecule has 1 fully saturated rings. The van der Waals surface area contributed by atoms with Gasteiger partial charge in [0.1, 0.15) is 0 Å². The molecular formula is C7H14N2S. The van der Waals surface area contributed by atoms with E-state index >= 15 is 0 Å². The minimum absolute atomic E-state index is 0.284. The van der Waals surface area contributed by atoms with E-state index in [-0.39, 0.29) is 5.17 Å². The molecule has 0 amide bonds. The summed E-state index contributed by atoms with van der Waals surface area (Å²) in [4.78, 5) is 0. The SMILES string of the molecule is N=C(N)SC1CCCCC1. The largest absolute Gasteiger partial charge is 0.379 e.